The van der Waals surface area contributed by atoms with Crippen LogP contribution in [0.1, 0.15) is 24.8 Å². The Morgan fingerprint density at radius 1 is 0.867 bits per heavy atom. The molecular weight excluding hydrogens is 614 g/mol. The number of nitrogens with zero attached hydrogens (tertiary/aromatic N) is 1. The molecule has 1 aromatic rings. The number of primary amides is 1. The molecule has 1 saturated heterocycles. The van der Waals surface area contributed by atoms with E-state index >= 15 is 0 Å². The quantitative estimate of drug-likeness (QED) is 0.0690. The molecule has 0 aliphatic carbocycles. The fourth-order valence-electron chi connectivity index (χ4n) is 4.01. The number of carbonyl (C=O) groups is 7. The summed E-state index contributed by atoms with van der Waals surface area (Å²) < 4.78 is 0. The largest absolute Gasteiger partial charge is 0.508 e. The number of aromatic hydroxyl groups is 1. The smallest absolute Gasteiger partial charge is 0.305 e. The van der Waals surface area contributed by atoms with Crippen LogP contribution in [-0.4, -0.2) is 106 Å². The normalized spacial score (nSPS) is 22.3. The Labute approximate surface area is 261 Å². The third-order valence-electron chi connectivity index (χ3n) is 6.24. The van der Waals surface area contributed by atoms with Crippen LogP contribution in [0.5, 0.6) is 5.75 Å². The van der Waals surface area contributed by atoms with Crippen LogP contribution in [0.4, 0.5) is 0 Å². The lowest BCUT2D eigenvalue weighted by Crippen LogP contribution is -2.57. The van der Waals surface area contributed by atoms with Gasteiger partial charge in [-0.2, -0.15) is 0 Å². The number of carboxylic acid groups (broad SMARTS) is 1. The summed E-state index contributed by atoms with van der Waals surface area (Å²) in [4.78, 5) is 91.9. The van der Waals surface area contributed by atoms with Crippen molar-refractivity contribution < 1.29 is 43.8 Å². The van der Waals surface area contributed by atoms with E-state index in [0.29, 0.717) is 5.56 Å². The zero-order chi connectivity index (χ0) is 33.5. The minimum absolute atomic E-state index is 0.0136. The molecule has 0 spiro atoms. The van der Waals surface area contributed by atoms with Crippen molar-refractivity contribution in [2.24, 2.45) is 22.2 Å². The van der Waals surface area contributed by atoms with Crippen molar-refractivity contribution in [3.05, 3.63) is 29.8 Å². The predicted molar refractivity (Wildman–Crippen MR) is 161 cm³/mol. The number of nitrogens with one attached hydrogen (secondary N) is 5. The molecule has 1 heterocycles. The van der Waals surface area contributed by atoms with Crippen LogP contribution in [0.3, 0.4) is 0 Å². The number of guanidine groups is 1. The van der Waals surface area contributed by atoms with Crippen molar-refractivity contribution in [2.75, 3.05) is 24.6 Å². The number of aliphatic carboxylic acids is 1. The summed E-state index contributed by atoms with van der Waals surface area (Å²) in [5, 5.41) is 30.8. The van der Waals surface area contributed by atoms with Crippen molar-refractivity contribution in [2.45, 2.75) is 49.9 Å². The summed E-state index contributed by atoms with van der Waals surface area (Å²) in [5.74, 6) is -7.20. The fourth-order valence-corrected chi connectivity index (χ4v) is 4.88. The fraction of sp³-hybridized carbons (Fsp3) is 0.462. The third kappa shape index (κ3) is 13.4. The summed E-state index contributed by atoms with van der Waals surface area (Å²) in [6.07, 6.45) is -0.628. The summed E-state index contributed by atoms with van der Waals surface area (Å²) >= 11 is 0.894. The first kappa shape index (κ1) is 36.1. The van der Waals surface area contributed by atoms with Gasteiger partial charge in [-0.3, -0.25) is 38.6 Å². The maximum Gasteiger partial charge on any atom is 0.305 e. The average molecular weight is 652 g/mol. The molecule has 1 aromatic carbocycles. The first-order valence-corrected chi connectivity index (χ1v) is 14.8. The van der Waals surface area contributed by atoms with Gasteiger partial charge in [0.2, 0.25) is 35.4 Å². The second-order valence-electron chi connectivity index (χ2n) is 9.92. The predicted octanol–water partition coefficient (Wildman–Crippen LogP) is -4.25. The maximum atomic E-state index is 13.4. The molecular formula is C26H37N9O9S. The molecule has 0 saturated carbocycles. The molecule has 6 amide bonds. The van der Waals surface area contributed by atoms with Crippen LogP contribution in [0.15, 0.2) is 29.3 Å². The van der Waals surface area contributed by atoms with Gasteiger partial charge in [0.1, 0.15) is 29.9 Å². The number of phenols is 1. The van der Waals surface area contributed by atoms with Gasteiger partial charge in [-0.25, -0.2) is 0 Å². The van der Waals surface area contributed by atoms with E-state index in [4.69, 9.17) is 17.2 Å². The Bertz CT molecular complexity index is 1290. The molecule has 0 aromatic heterocycles. The Morgan fingerprint density at radius 2 is 1.51 bits per heavy atom. The van der Waals surface area contributed by atoms with E-state index in [2.05, 4.69) is 31.6 Å². The standard InChI is InChI=1S/C26H37N9O9S/c27-22(41)18-11-45-12-20(38)33-16(8-13-3-5-14(36)6-4-13)24(43)34-15(2-1-7-30-26(28)29)23(42)31-10-19(37)32-17(9-21(39)40)25(44)35-18/h3-6,15-18,36H,1-2,7-12H2,(H2,27,41)(H,31,42)(H,32,37)(H,33,38)(H,34,43)(H,35,44)(H,39,40)(H4,28,29,30)/t15-,16+,17-,18-/m0/s1. The van der Waals surface area contributed by atoms with E-state index in [1.54, 1.807) is 12.1 Å². The van der Waals surface area contributed by atoms with Gasteiger partial charge < -0.3 is 54.0 Å². The van der Waals surface area contributed by atoms with Crippen LogP contribution in [0.2, 0.25) is 0 Å². The number of hydrogen-bond acceptors (Lipinski definition) is 10. The van der Waals surface area contributed by atoms with Gasteiger partial charge >= 0.3 is 5.97 Å². The van der Waals surface area contributed by atoms with Crippen molar-refractivity contribution >= 4 is 59.1 Å². The first-order valence-electron chi connectivity index (χ1n) is 13.6. The zero-order valence-electron chi connectivity index (χ0n) is 24.1. The number of carbonyl (C=O) groups excluding carboxylic acids is 6. The number of thioether (sulfide) groups is 1. The third-order valence-corrected chi connectivity index (χ3v) is 7.27. The number of carboxylic acids is 1. The van der Waals surface area contributed by atoms with Gasteiger partial charge in [0.15, 0.2) is 5.96 Å². The van der Waals surface area contributed by atoms with E-state index < -0.39 is 78.5 Å². The molecule has 246 valence electrons. The summed E-state index contributed by atoms with van der Waals surface area (Å²) in [5.41, 5.74) is 16.6. The van der Waals surface area contributed by atoms with Crippen molar-refractivity contribution in [1.29, 1.82) is 0 Å². The van der Waals surface area contributed by atoms with Crippen LogP contribution >= 0.6 is 11.8 Å². The first-order chi connectivity index (χ1) is 21.2. The highest BCUT2D eigenvalue weighted by molar-refractivity contribution is 8.00. The summed E-state index contributed by atoms with van der Waals surface area (Å²) in [6, 6.07) is 0.513. The van der Waals surface area contributed by atoms with Gasteiger partial charge in [-0.15, -0.1) is 11.8 Å². The van der Waals surface area contributed by atoms with Gasteiger partial charge in [-0.1, -0.05) is 12.1 Å². The summed E-state index contributed by atoms with van der Waals surface area (Å²) in [6.45, 7) is -0.586. The van der Waals surface area contributed by atoms with Crippen LogP contribution in [-0.2, 0) is 40.0 Å². The Balaban J connectivity index is 2.37. The molecule has 0 unspecified atom stereocenters. The SMILES string of the molecule is NC(=O)[C@@H]1CSCC(=O)N[C@H](Cc2ccc(O)cc2)C(=O)N[C@@H](CCCN=C(N)N)C(=O)NCC(=O)N[C@@H](CC(=O)O)C(=O)N1. The minimum atomic E-state index is -1.63. The van der Waals surface area contributed by atoms with Crippen molar-refractivity contribution in [1.82, 2.24) is 26.6 Å². The number of benzene rings is 1. The van der Waals surface area contributed by atoms with Gasteiger partial charge in [0.25, 0.3) is 0 Å². The monoisotopic (exact) mass is 651 g/mol. The van der Waals surface area contributed by atoms with E-state index in [0.717, 1.165) is 11.8 Å². The number of rotatable bonds is 9. The Morgan fingerprint density at radius 3 is 2.13 bits per heavy atom. The molecule has 13 N–H and O–H groups in total. The molecule has 0 bridgehead atoms. The lowest BCUT2D eigenvalue weighted by molar-refractivity contribution is -0.141. The molecule has 4 atom stereocenters. The lowest BCUT2D eigenvalue weighted by atomic mass is 10.0. The van der Waals surface area contributed by atoms with Crippen molar-refractivity contribution in [3.63, 3.8) is 0 Å². The van der Waals surface area contributed by atoms with Gasteiger partial charge in [-0.05, 0) is 30.5 Å². The van der Waals surface area contributed by atoms with E-state index in [9.17, 15) is 43.8 Å². The number of nitrogens with two attached hydrogens (primary N) is 3. The highest BCUT2D eigenvalue weighted by Crippen LogP contribution is 2.13. The number of hydrogen-bond donors (Lipinski definition) is 10. The Kier molecular flexibility index (Phi) is 14.4. The molecule has 1 fully saturated rings. The lowest BCUT2D eigenvalue weighted by Gasteiger charge is -2.24. The number of amides is 6. The summed E-state index contributed by atoms with van der Waals surface area (Å²) in [7, 11) is 0. The second kappa shape index (κ2) is 17.9. The van der Waals surface area contributed by atoms with Crippen LogP contribution in [0, 0.1) is 0 Å². The topological polar surface area (TPSA) is 311 Å². The molecule has 45 heavy (non-hydrogen) atoms. The molecule has 1 aliphatic heterocycles. The minimum Gasteiger partial charge on any atom is -0.508 e. The number of aliphatic imine (C=N–C) groups is 1. The molecule has 2 rings (SSSR count). The average Bonchev–Trinajstić information content (AvgIpc) is 2.96. The second-order valence-corrected chi connectivity index (χ2v) is 10.9. The number of phenolic OH excluding ortho intramolecular Hbond substituents is 1. The molecule has 1 aliphatic rings. The zero-order valence-corrected chi connectivity index (χ0v) is 24.9. The van der Waals surface area contributed by atoms with E-state index in [-0.39, 0.29) is 49.0 Å². The van der Waals surface area contributed by atoms with Crippen LogP contribution in [0.25, 0.3) is 0 Å². The molecule has 18 nitrogen and oxygen atoms in total. The van der Waals surface area contributed by atoms with E-state index in [1.807, 2.05) is 0 Å². The van der Waals surface area contributed by atoms with Crippen LogP contribution < -0.4 is 43.8 Å². The molecule has 19 heteroatoms. The van der Waals surface area contributed by atoms with Gasteiger partial charge in [0.05, 0.1) is 18.7 Å². The Hall–Kier alpha value is -5.07. The highest BCUT2D eigenvalue weighted by Gasteiger charge is 2.30. The maximum absolute atomic E-state index is 13.4. The highest BCUT2D eigenvalue weighted by atomic mass is 32.2. The van der Waals surface area contributed by atoms with Crippen molar-refractivity contribution in [3.8, 4) is 5.75 Å². The van der Waals surface area contributed by atoms with Gasteiger partial charge in [0, 0.05) is 18.7 Å². The molecule has 0 radical (unpaired) electrons. The van der Waals surface area contributed by atoms with E-state index in [1.165, 1.54) is 12.1 Å².